The van der Waals surface area contributed by atoms with Gasteiger partial charge in [-0.05, 0) is 37.1 Å². The molecule has 0 saturated carbocycles. The quantitative estimate of drug-likeness (QED) is 0.320. The van der Waals surface area contributed by atoms with Gasteiger partial charge in [0.15, 0.2) is 0 Å². The van der Waals surface area contributed by atoms with Gasteiger partial charge in [-0.25, -0.2) is 8.42 Å². The van der Waals surface area contributed by atoms with E-state index in [1.807, 2.05) is 0 Å². The molecule has 1 aromatic carbocycles. The molecule has 1 atom stereocenters. The number of carbonyl (C=O) groups excluding carboxylic acids is 2. The number of rotatable bonds is 13. The van der Waals surface area contributed by atoms with Crippen molar-refractivity contribution in [3.05, 3.63) is 29.3 Å². The first-order valence-electron chi connectivity index (χ1n) is 9.03. The van der Waals surface area contributed by atoms with Gasteiger partial charge in [-0.15, -0.1) is 0 Å². The molecule has 0 aliphatic carbocycles. The zero-order chi connectivity index (χ0) is 21.0. The number of nitrogens with one attached hydrogen (secondary N) is 2. The van der Waals surface area contributed by atoms with Gasteiger partial charge in [0.05, 0.1) is 18.6 Å². The van der Waals surface area contributed by atoms with E-state index in [1.165, 1.54) is 31.4 Å². The second-order valence-corrected chi connectivity index (χ2v) is 8.35. The zero-order valence-corrected chi connectivity index (χ0v) is 17.4. The molecule has 0 bridgehead atoms. The number of ether oxygens (including phenoxy) is 1. The lowest BCUT2D eigenvalue weighted by atomic mass is 10.1. The Hall–Kier alpha value is -1.68. The van der Waals surface area contributed by atoms with Gasteiger partial charge in [0.25, 0.3) is 0 Å². The van der Waals surface area contributed by atoms with Gasteiger partial charge < -0.3 is 15.2 Å². The Labute approximate surface area is 170 Å². The number of aliphatic hydroxyl groups is 1. The molecule has 0 saturated heterocycles. The predicted octanol–water partition coefficient (Wildman–Crippen LogP) is 1.61. The van der Waals surface area contributed by atoms with Crippen LogP contribution in [0.3, 0.4) is 0 Å². The molecule has 10 heteroatoms. The van der Waals surface area contributed by atoms with Crippen LogP contribution in [0.4, 0.5) is 0 Å². The number of amides is 1. The van der Waals surface area contributed by atoms with Crippen molar-refractivity contribution in [3.63, 3.8) is 0 Å². The lowest BCUT2D eigenvalue weighted by molar-refractivity contribution is -0.140. The summed E-state index contributed by atoms with van der Waals surface area (Å²) in [5.74, 6) is -0.811. The smallest absolute Gasteiger partial charge is 0.305 e. The molecule has 0 fully saturated rings. The molecular weight excluding hydrogens is 408 g/mol. The number of hydrogen-bond acceptors (Lipinski definition) is 6. The van der Waals surface area contributed by atoms with E-state index in [0.29, 0.717) is 24.4 Å². The summed E-state index contributed by atoms with van der Waals surface area (Å²) in [6.07, 6.45) is 4.55. The maximum Gasteiger partial charge on any atom is 0.305 e. The zero-order valence-electron chi connectivity index (χ0n) is 15.8. The van der Waals surface area contributed by atoms with E-state index >= 15 is 0 Å². The molecule has 0 spiro atoms. The lowest BCUT2D eigenvalue weighted by Crippen LogP contribution is -2.49. The minimum Gasteiger partial charge on any atom is -0.469 e. The Balaban J connectivity index is 2.33. The fourth-order valence-electron chi connectivity index (χ4n) is 2.40. The van der Waals surface area contributed by atoms with Gasteiger partial charge in [-0.1, -0.05) is 30.9 Å². The van der Waals surface area contributed by atoms with Gasteiger partial charge >= 0.3 is 5.97 Å². The average molecular weight is 435 g/mol. The van der Waals surface area contributed by atoms with E-state index < -0.39 is 28.6 Å². The summed E-state index contributed by atoms with van der Waals surface area (Å²) < 4.78 is 31.3. The van der Waals surface area contributed by atoms with Crippen molar-refractivity contribution in [3.8, 4) is 0 Å². The first-order chi connectivity index (χ1) is 13.3. The molecule has 0 aromatic heterocycles. The highest BCUT2D eigenvalue weighted by Crippen LogP contribution is 2.14. The first-order valence-corrected chi connectivity index (χ1v) is 10.9. The summed E-state index contributed by atoms with van der Waals surface area (Å²) in [6, 6.07) is 4.21. The first kappa shape index (κ1) is 24.4. The summed E-state index contributed by atoms with van der Waals surface area (Å²) in [4.78, 5) is 23.0. The molecule has 3 N–H and O–H groups in total. The minimum atomic E-state index is -3.96. The third-order valence-corrected chi connectivity index (χ3v) is 5.74. The number of carbonyl (C=O) groups is 2. The molecule has 0 aliphatic rings. The van der Waals surface area contributed by atoms with E-state index in [1.54, 1.807) is 0 Å². The van der Waals surface area contributed by atoms with Crippen LogP contribution in [0.1, 0.15) is 38.5 Å². The van der Waals surface area contributed by atoms with Gasteiger partial charge in [0.2, 0.25) is 15.9 Å². The SMILES string of the molecule is COC(=O)CCCCCCCNC(=O)[C@H](CO)NS(=O)(=O)c1ccc(Cl)cc1. The van der Waals surface area contributed by atoms with Crippen molar-refractivity contribution in [1.82, 2.24) is 10.0 Å². The highest BCUT2D eigenvalue weighted by atomic mass is 35.5. The van der Waals surface area contributed by atoms with Crippen molar-refractivity contribution < 1.29 is 27.9 Å². The molecule has 1 rings (SSSR count). The summed E-state index contributed by atoms with van der Waals surface area (Å²) >= 11 is 5.74. The van der Waals surface area contributed by atoms with E-state index in [4.69, 9.17) is 11.6 Å². The highest BCUT2D eigenvalue weighted by molar-refractivity contribution is 7.89. The molecule has 0 aliphatic heterocycles. The monoisotopic (exact) mass is 434 g/mol. The maximum absolute atomic E-state index is 12.3. The molecule has 8 nitrogen and oxygen atoms in total. The second kappa shape index (κ2) is 12.7. The van der Waals surface area contributed by atoms with Crippen LogP contribution in [-0.4, -0.2) is 51.7 Å². The Morgan fingerprint density at radius 3 is 2.32 bits per heavy atom. The average Bonchev–Trinajstić information content (AvgIpc) is 2.68. The van der Waals surface area contributed by atoms with Crippen LogP contribution in [0, 0.1) is 0 Å². The predicted molar refractivity (Wildman–Crippen MR) is 105 cm³/mol. The lowest BCUT2D eigenvalue weighted by Gasteiger charge is -2.16. The number of sulfonamides is 1. The van der Waals surface area contributed by atoms with Gasteiger partial charge in [-0.3, -0.25) is 9.59 Å². The van der Waals surface area contributed by atoms with Crippen LogP contribution < -0.4 is 10.0 Å². The fourth-order valence-corrected chi connectivity index (χ4v) is 3.72. The number of esters is 1. The standard InChI is InChI=1S/C18H27ClN2O6S/c1-27-17(23)7-5-3-2-4-6-12-20-18(24)16(13-22)21-28(25,26)15-10-8-14(19)9-11-15/h8-11,16,21-22H,2-7,12-13H2,1H3,(H,20,24)/t16-/m0/s1. The van der Waals surface area contributed by atoms with Crippen LogP contribution in [0.15, 0.2) is 29.2 Å². The van der Waals surface area contributed by atoms with E-state index in [9.17, 15) is 23.1 Å². The summed E-state index contributed by atoms with van der Waals surface area (Å²) in [5.41, 5.74) is 0. The fraction of sp³-hybridized carbons (Fsp3) is 0.556. The number of unbranched alkanes of at least 4 members (excludes halogenated alkanes) is 4. The molecule has 1 aromatic rings. The molecular formula is C18H27ClN2O6S. The number of halogens is 1. The van der Waals surface area contributed by atoms with Crippen LogP contribution in [0.2, 0.25) is 5.02 Å². The maximum atomic E-state index is 12.3. The highest BCUT2D eigenvalue weighted by Gasteiger charge is 2.24. The van der Waals surface area contributed by atoms with Crippen molar-refractivity contribution in [2.24, 2.45) is 0 Å². The van der Waals surface area contributed by atoms with Gasteiger partial charge in [-0.2, -0.15) is 4.72 Å². The van der Waals surface area contributed by atoms with Crippen molar-refractivity contribution in [1.29, 1.82) is 0 Å². The van der Waals surface area contributed by atoms with E-state index in [-0.39, 0.29) is 10.9 Å². The normalized spacial score (nSPS) is 12.4. The minimum absolute atomic E-state index is 0.0462. The van der Waals surface area contributed by atoms with Crippen molar-refractivity contribution >= 4 is 33.5 Å². The van der Waals surface area contributed by atoms with Crippen LogP contribution in [0.5, 0.6) is 0 Å². The molecule has 1 amide bonds. The number of benzene rings is 1. The summed E-state index contributed by atoms with van der Waals surface area (Å²) in [5, 5.41) is 12.4. The van der Waals surface area contributed by atoms with Crippen LogP contribution in [0.25, 0.3) is 0 Å². The number of methoxy groups -OCH3 is 1. The molecule has 158 valence electrons. The second-order valence-electron chi connectivity index (χ2n) is 6.20. The third-order valence-electron chi connectivity index (χ3n) is 4.00. The summed E-state index contributed by atoms with van der Waals surface area (Å²) in [7, 11) is -2.59. The number of hydrogen-bond donors (Lipinski definition) is 3. The molecule has 0 radical (unpaired) electrons. The van der Waals surface area contributed by atoms with E-state index in [2.05, 4.69) is 14.8 Å². The van der Waals surface area contributed by atoms with E-state index in [0.717, 1.165) is 25.7 Å². The van der Waals surface area contributed by atoms with Crippen molar-refractivity contribution in [2.45, 2.75) is 49.5 Å². The molecule has 0 heterocycles. The topological polar surface area (TPSA) is 122 Å². The Morgan fingerprint density at radius 1 is 1.11 bits per heavy atom. The van der Waals surface area contributed by atoms with Gasteiger partial charge in [0.1, 0.15) is 6.04 Å². The Morgan fingerprint density at radius 2 is 1.71 bits per heavy atom. The largest absolute Gasteiger partial charge is 0.469 e. The molecule has 0 unspecified atom stereocenters. The van der Waals surface area contributed by atoms with Crippen LogP contribution >= 0.6 is 11.6 Å². The Kier molecular flexibility index (Phi) is 11.1. The molecule has 28 heavy (non-hydrogen) atoms. The third kappa shape index (κ3) is 9.01. The van der Waals surface area contributed by atoms with Gasteiger partial charge in [0, 0.05) is 18.0 Å². The number of aliphatic hydroxyl groups excluding tert-OH is 1. The Bertz CT molecular complexity index is 724. The van der Waals surface area contributed by atoms with Crippen molar-refractivity contribution in [2.75, 3.05) is 20.3 Å². The van der Waals surface area contributed by atoms with Crippen LogP contribution in [-0.2, 0) is 24.3 Å². The summed E-state index contributed by atoms with van der Waals surface area (Å²) in [6.45, 7) is -0.290.